The molecule has 0 atom stereocenters. The molecule has 0 fully saturated rings. The molecule has 0 amide bonds. The maximum atomic E-state index is 11.9. The van der Waals surface area contributed by atoms with Gasteiger partial charge in [0.2, 0.25) is 0 Å². The molecule has 0 saturated heterocycles. The predicted octanol–water partition coefficient (Wildman–Crippen LogP) is 3.63. The summed E-state index contributed by atoms with van der Waals surface area (Å²) >= 11 is 5.77. The van der Waals surface area contributed by atoms with Crippen molar-refractivity contribution in [3.05, 3.63) is 71.3 Å². The van der Waals surface area contributed by atoms with Gasteiger partial charge in [-0.05, 0) is 67.5 Å². The molecule has 1 aromatic carbocycles. The molecule has 1 aromatic rings. The maximum Gasteiger partial charge on any atom is 0.185 e. The van der Waals surface area contributed by atoms with Gasteiger partial charge in [-0.25, -0.2) is 0 Å². The van der Waals surface area contributed by atoms with E-state index in [1.165, 1.54) is 30.4 Å². The highest BCUT2D eigenvalue weighted by Gasteiger charge is 2.23. The number of hydrogen-bond acceptors (Lipinski definition) is 4. The van der Waals surface area contributed by atoms with E-state index in [9.17, 15) is 19.5 Å². The Morgan fingerprint density at radius 1 is 1.08 bits per heavy atom. The summed E-state index contributed by atoms with van der Waals surface area (Å²) in [5.74, 6) is -0.317. The van der Waals surface area contributed by atoms with Crippen LogP contribution in [-0.4, -0.2) is 28.1 Å². The molecule has 1 N–H and O–H groups in total. The van der Waals surface area contributed by atoms with Gasteiger partial charge in [-0.3, -0.25) is 14.4 Å². The van der Waals surface area contributed by atoms with Crippen LogP contribution in [0.5, 0.6) is 0 Å². The minimum atomic E-state index is -1.23. The fourth-order valence-electron chi connectivity index (χ4n) is 2.34. The molecule has 5 heteroatoms. The van der Waals surface area contributed by atoms with Gasteiger partial charge in [0.05, 0.1) is 0 Å². The second kappa shape index (κ2) is 8.70. The molecule has 0 saturated carbocycles. The van der Waals surface area contributed by atoms with Crippen LogP contribution in [0, 0.1) is 0 Å². The molecule has 25 heavy (non-hydrogen) atoms. The summed E-state index contributed by atoms with van der Waals surface area (Å²) in [4.78, 5) is 34.8. The van der Waals surface area contributed by atoms with Crippen LogP contribution >= 0.6 is 11.6 Å². The quantitative estimate of drug-likeness (QED) is 0.569. The van der Waals surface area contributed by atoms with Gasteiger partial charge in [-0.15, -0.1) is 0 Å². The highest BCUT2D eigenvalue weighted by atomic mass is 35.5. The summed E-state index contributed by atoms with van der Waals surface area (Å²) in [7, 11) is 0. The van der Waals surface area contributed by atoms with E-state index in [2.05, 4.69) is 0 Å². The number of aliphatic hydroxyl groups is 1. The Morgan fingerprint density at radius 2 is 1.72 bits per heavy atom. The third kappa shape index (κ3) is 6.25. The summed E-state index contributed by atoms with van der Waals surface area (Å²) in [6.07, 6.45) is 9.74. The van der Waals surface area contributed by atoms with Crippen LogP contribution in [0.1, 0.15) is 36.0 Å². The molecule has 1 aliphatic carbocycles. The third-order valence-corrected chi connectivity index (χ3v) is 4.12. The second-order valence-electron chi connectivity index (χ2n) is 5.91. The number of rotatable bonds is 8. The molecule has 0 unspecified atom stereocenters. The largest absolute Gasteiger partial charge is 0.382 e. The Morgan fingerprint density at radius 3 is 2.36 bits per heavy atom. The average molecular weight is 359 g/mol. The Kier molecular flexibility index (Phi) is 6.62. The van der Waals surface area contributed by atoms with Crippen LogP contribution in [0.2, 0.25) is 5.02 Å². The number of carbonyl (C=O) groups is 3. The van der Waals surface area contributed by atoms with E-state index >= 15 is 0 Å². The fraction of sp³-hybridized carbons (Fsp3) is 0.250. The molecule has 0 heterocycles. The van der Waals surface area contributed by atoms with Crippen molar-refractivity contribution in [1.29, 1.82) is 0 Å². The van der Waals surface area contributed by atoms with Crippen molar-refractivity contribution >= 4 is 29.0 Å². The molecule has 130 valence electrons. The van der Waals surface area contributed by atoms with E-state index in [-0.39, 0.29) is 30.2 Å². The summed E-state index contributed by atoms with van der Waals surface area (Å²) in [5.41, 5.74) is -0.691. The summed E-state index contributed by atoms with van der Waals surface area (Å²) in [6.45, 7) is 0. The SMILES string of the molecule is O=C1C=CC(O)(CCC(=O)CC/C=C/C(=O)c2ccc(Cl)cc2)C=C1. The molecular formula is C20H19ClO4. The highest BCUT2D eigenvalue weighted by molar-refractivity contribution is 6.30. The number of ketones is 3. The number of benzene rings is 1. The second-order valence-corrected chi connectivity index (χ2v) is 6.35. The van der Waals surface area contributed by atoms with E-state index in [0.717, 1.165) is 0 Å². The van der Waals surface area contributed by atoms with Gasteiger partial charge in [0.1, 0.15) is 11.4 Å². The van der Waals surface area contributed by atoms with Crippen molar-refractivity contribution in [2.45, 2.75) is 31.3 Å². The zero-order valence-electron chi connectivity index (χ0n) is 13.7. The topological polar surface area (TPSA) is 71.4 Å². The van der Waals surface area contributed by atoms with Crippen LogP contribution in [-0.2, 0) is 9.59 Å². The maximum absolute atomic E-state index is 11.9. The summed E-state index contributed by atoms with van der Waals surface area (Å²) < 4.78 is 0. The van der Waals surface area contributed by atoms with Gasteiger partial charge < -0.3 is 5.11 Å². The van der Waals surface area contributed by atoms with Crippen molar-refractivity contribution in [1.82, 2.24) is 0 Å². The lowest BCUT2D eigenvalue weighted by molar-refractivity contribution is -0.119. The zero-order chi connectivity index (χ0) is 18.3. The minimum absolute atomic E-state index is 0.00397. The first kappa shape index (κ1) is 19.0. The first-order chi connectivity index (χ1) is 11.9. The number of hydrogen-bond donors (Lipinski definition) is 1. The molecule has 0 aromatic heterocycles. The van der Waals surface area contributed by atoms with Gasteiger partial charge >= 0.3 is 0 Å². The lowest BCUT2D eigenvalue weighted by Crippen LogP contribution is -2.26. The van der Waals surface area contributed by atoms with Crippen LogP contribution in [0.4, 0.5) is 0 Å². The van der Waals surface area contributed by atoms with Crippen molar-refractivity contribution in [2.24, 2.45) is 0 Å². The first-order valence-corrected chi connectivity index (χ1v) is 8.39. The van der Waals surface area contributed by atoms with Gasteiger partial charge in [0.15, 0.2) is 11.6 Å². The van der Waals surface area contributed by atoms with Crippen LogP contribution in [0.25, 0.3) is 0 Å². The third-order valence-electron chi connectivity index (χ3n) is 3.86. The Hall–Kier alpha value is -2.30. The summed E-state index contributed by atoms with van der Waals surface area (Å²) in [6, 6.07) is 6.60. The number of allylic oxidation sites excluding steroid dienone is 4. The first-order valence-electron chi connectivity index (χ1n) is 8.01. The zero-order valence-corrected chi connectivity index (χ0v) is 14.4. The van der Waals surface area contributed by atoms with E-state index in [1.54, 1.807) is 30.3 Å². The molecule has 4 nitrogen and oxygen atoms in total. The van der Waals surface area contributed by atoms with Crippen molar-refractivity contribution in [3.63, 3.8) is 0 Å². The summed E-state index contributed by atoms with van der Waals surface area (Å²) in [5, 5.41) is 10.8. The molecule has 0 bridgehead atoms. The molecule has 0 spiro atoms. The van der Waals surface area contributed by atoms with E-state index in [1.807, 2.05) is 0 Å². The van der Waals surface area contributed by atoms with Gasteiger partial charge in [0.25, 0.3) is 0 Å². The molecular weight excluding hydrogens is 340 g/mol. The van der Waals surface area contributed by atoms with Crippen LogP contribution < -0.4 is 0 Å². The minimum Gasteiger partial charge on any atom is -0.382 e. The van der Waals surface area contributed by atoms with Gasteiger partial charge in [-0.2, -0.15) is 0 Å². The van der Waals surface area contributed by atoms with E-state index in [0.29, 0.717) is 23.4 Å². The predicted molar refractivity (Wildman–Crippen MR) is 96.6 cm³/mol. The van der Waals surface area contributed by atoms with Gasteiger partial charge in [0, 0.05) is 23.4 Å². The lowest BCUT2D eigenvalue weighted by Gasteiger charge is -2.21. The molecule has 2 rings (SSSR count). The van der Waals surface area contributed by atoms with Gasteiger partial charge in [-0.1, -0.05) is 17.7 Å². The normalized spacial score (nSPS) is 15.7. The van der Waals surface area contributed by atoms with Crippen molar-refractivity contribution < 1.29 is 19.5 Å². The van der Waals surface area contributed by atoms with Crippen LogP contribution in [0.3, 0.4) is 0 Å². The highest BCUT2D eigenvalue weighted by Crippen LogP contribution is 2.20. The van der Waals surface area contributed by atoms with Crippen molar-refractivity contribution in [3.8, 4) is 0 Å². The average Bonchev–Trinajstić information content (AvgIpc) is 2.60. The Labute approximate surface area is 151 Å². The van der Waals surface area contributed by atoms with Crippen molar-refractivity contribution in [2.75, 3.05) is 0 Å². The Balaban J connectivity index is 1.72. The number of carbonyl (C=O) groups excluding carboxylic acids is 3. The Bertz CT molecular complexity index is 725. The van der Waals surface area contributed by atoms with E-state index < -0.39 is 5.60 Å². The fourth-order valence-corrected chi connectivity index (χ4v) is 2.47. The van der Waals surface area contributed by atoms with E-state index in [4.69, 9.17) is 11.6 Å². The standard InChI is InChI=1S/C20H19ClO4/c21-16-7-5-15(6-8-16)19(24)4-2-1-3-17(22)9-12-20(25)13-10-18(23)11-14-20/h2,4-8,10-11,13-14,25H,1,3,9,12H2/b4-2+. The smallest absolute Gasteiger partial charge is 0.185 e. The lowest BCUT2D eigenvalue weighted by atomic mass is 9.91. The molecule has 0 aliphatic heterocycles. The molecule has 1 aliphatic rings. The number of Topliss-reactive ketones (excluding diaryl/α,β-unsaturated/α-hetero) is 1. The molecule has 0 radical (unpaired) electrons. The monoisotopic (exact) mass is 358 g/mol. The number of halogens is 1. The van der Waals surface area contributed by atoms with Crippen LogP contribution in [0.15, 0.2) is 60.7 Å².